The standard InChI is InChI=1S/C13H12BrClFN3/c1-2-4-11-18-10(14)7-12(19-11)17-9-6-3-5-8(15)13(9)16/h3,5-7H,2,4H2,1H3,(H,17,18,19). The van der Waals surface area contributed by atoms with Crippen LogP contribution in [0.2, 0.25) is 5.02 Å². The van der Waals surface area contributed by atoms with Crippen LogP contribution in [0.1, 0.15) is 19.2 Å². The smallest absolute Gasteiger partial charge is 0.165 e. The van der Waals surface area contributed by atoms with Crippen molar-refractivity contribution in [1.82, 2.24) is 9.97 Å². The molecule has 1 aromatic carbocycles. The molecule has 0 spiro atoms. The first-order valence-electron chi connectivity index (χ1n) is 5.84. The fourth-order valence-electron chi connectivity index (χ4n) is 1.60. The van der Waals surface area contributed by atoms with E-state index in [0.717, 1.165) is 12.8 Å². The number of aryl methyl sites for hydroxylation is 1. The maximum Gasteiger partial charge on any atom is 0.165 e. The summed E-state index contributed by atoms with van der Waals surface area (Å²) >= 11 is 9.05. The van der Waals surface area contributed by atoms with Gasteiger partial charge < -0.3 is 5.32 Å². The summed E-state index contributed by atoms with van der Waals surface area (Å²) < 4.78 is 14.4. The van der Waals surface area contributed by atoms with Crippen molar-refractivity contribution in [3.63, 3.8) is 0 Å². The third-order valence-corrected chi connectivity index (χ3v) is 3.13. The molecular weight excluding hydrogens is 333 g/mol. The highest BCUT2D eigenvalue weighted by Crippen LogP contribution is 2.25. The molecule has 0 saturated carbocycles. The summed E-state index contributed by atoms with van der Waals surface area (Å²) in [6.45, 7) is 2.05. The minimum Gasteiger partial charge on any atom is -0.338 e. The normalized spacial score (nSPS) is 10.5. The van der Waals surface area contributed by atoms with E-state index in [2.05, 4.69) is 31.2 Å². The Morgan fingerprint density at radius 3 is 2.89 bits per heavy atom. The van der Waals surface area contributed by atoms with Crippen LogP contribution in [0.5, 0.6) is 0 Å². The highest BCUT2D eigenvalue weighted by atomic mass is 79.9. The zero-order valence-corrected chi connectivity index (χ0v) is 12.6. The molecule has 0 atom stereocenters. The van der Waals surface area contributed by atoms with Gasteiger partial charge in [0.2, 0.25) is 0 Å². The van der Waals surface area contributed by atoms with Crippen LogP contribution in [-0.4, -0.2) is 9.97 Å². The number of rotatable bonds is 4. The Balaban J connectivity index is 2.30. The maximum absolute atomic E-state index is 13.8. The van der Waals surface area contributed by atoms with Crippen molar-refractivity contribution in [1.29, 1.82) is 0 Å². The number of aromatic nitrogens is 2. The lowest BCUT2D eigenvalue weighted by molar-refractivity contribution is 0.632. The SMILES string of the molecule is CCCc1nc(Br)cc(Nc2cccc(Cl)c2F)n1. The lowest BCUT2D eigenvalue weighted by Gasteiger charge is -2.09. The molecule has 0 aliphatic carbocycles. The van der Waals surface area contributed by atoms with Crippen molar-refractivity contribution < 1.29 is 4.39 Å². The van der Waals surface area contributed by atoms with E-state index >= 15 is 0 Å². The van der Waals surface area contributed by atoms with Crippen LogP contribution in [0.15, 0.2) is 28.9 Å². The van der Waals surface area contributed by atoms with Crippen molar-refractivity contribution in [3.05, 3.63) is 45.5 Å². The van der Waals surface area contributed by atoms with Gasteiger partial charge in [-0.2, -0.15) is 0 Å². The second-order valence-electron chi connectivity index (χ2n) is 3.97. The summed E-state index contributed by atoms with van der Waals surface area (Å²) in [4.78, 5) is 8.58. The molecule has 1 aromatic heterocycles. The van der Waals surface area contributed by atoms with E-state index in [9.17, 15) is 4.39 Å². The Morgan fingerprint density at radius 2 is 2.16 bits per heavy atom. The Labute approximate surface area is 124 Å². The topological polar surface area (TPSA) is 37.8 Å². The van der Waals surface area contributed by atoms with E-state index in [4.69, 9.17) is 11.6 Å². The Morgan fingerprint density at radius 1 is 1.37 bits per heavy atom. The first-order valence-corrected chi connectivity index (χ1v) is 7.01. The fourth-order valence-corrected chi connectivity index (χ4v) is 2.20. The van der Waals surface area contributed by atoms with Gasteiger partial charge in [-0.1, -0.05) is 24.6 Å². The molecule has 19 heavy (non-hydrogen) atoms. The van der Waals surface area contributed by atoms with Gasteiger partial charge >= 0.3 is 0 Å². The monoisotopic (exact) mass is 343 g/mol. The molecule has 100 valence electrons. The van der Waals surface area contributed by atoms with Crippen molar-refractivity contribution in [2.45, 2.75) is 19.8 Å². The molecule has 0 unspecified atom stereocenters. The van der Waals surface area contributed by atoms with E-state index in [1.807, 2.05) is 6.92 Å². The van der Waals surface area contributed by atoms with E-state index in [-0.39, 0.29) is 5.02 Å². The average Bonchev–Trinajstić information content (AvgIpc) is 2.35. The minimum absolute atomic E-state index is 0.0758. The summed E-state index contributed by atoms with van der Waals surface area (Å²) in [5.41, 5.74) is 0.292. The summed E-state index contributed by atoms with van der Waals surface area (Å²) in [7, 11) is 0. The van der Waals surface area contributed by atoms with E-state index in [0.29, 0.717) is 21.9 Å². The highest BCUT2D eigenvalue weighted by Gasteiger charge is 2.08. The van der Waals surface area contributed by atoms with Crippen LogP contribution in [-0.2, 0) is 6.42 Å². The third kappa shape index (κ3) is 3.64. The Hall–Kier alpha value is -1.20. The van der Waals surface area contributed by atoms with Gasteiger partial charge in [0.15, 0.2) is 5.82 Å². The molecule has 2 rings (SSSR count). The van der Waals surface area contributed by atoms with Gasteiger partial charge in [0.05, 0.1) is 10.7 Å². The summed E-state index contributed by atoms with van der Waals surface area (Å²) in [5, 5.41) is 2.99. The molecular formula is C13H12BrClFN3. The van der Waals surface area contributed by atoms with Crippen molar-refractivity contribution in [3.8, 4) is 0 Å². The van der Waals surface area contributed by atoms with Gasteiger partial charge in [0.1, 0.15) is 16.2 Å². The molecule has 0 fully saturated rings. The second-order valence-corrected chi connectivity index (χ2v) is 5.19. The number of hydrogen-bond acceptors (Lipinski definition) is 3. The van der Waals surface area contributed by atoms with Crippen LogP contribution in [0.25, 0.3) is 0 Å². The van der Waals surface area contributed by atoms with Crippen LogP contribution in [0, 0.1) is 5.82 Å². The van der Waals surface area contributed by atoms with E-state index in [1.165, 1.54) is 6.07 Å². The first kappa shape index (κ1) is 14.2. The van der Waals surface area contributed by atoms with Gasteiger partial charge in [0, 0.05) is 12.5 Å². The lowest BCUT2D eigenvalue weighted by atomic mass is 10.3. The van der Waals surface area contributed by atoms with Gasteiger partial charge in [-0.15, -0.1) is 0 Å². The van der Waals surface area contributed by atoms with Crippen LogP contribution >= 0.6 is 27.5 Å². The Bertz CT molecular complexity index is 592. The molecule has 1 N–H and O–H groups in total. The summed E-state index contributed by atoms with van der Waals surface area (Å²) in [5.74, 6) is 0.754. The number of halogens is 3. The number of anilines is 2. The fraction of sp³-hybridized carbons (Fsp3) is 0.231. The predicted octanol–water partition coefficient (Wildman–Crippen LogP) is 4.73. The maximum atomic E-state index is 13.8. The van der Waals surface area contributed by atoms with Gasteiger partial charge in [-0.25, -0.2) is 14.4 Å². The number of hydrogen-bond donors (Lipinski definition) is 1. The van der Waals surface area contributed by atoms with Gasteiger partial charge in [-0.3, -0.25) is 0 Å². The van der Waals surface area contributed by atoms with Crippen molar-refractivity contribution in [2.24, 2.45) is 0 Å². The summed E-state index contributed by atoms with van der Waals surface area (Å²) in [6, 6.07) is 6.48. The van der Waals surface area contributed by atoms with Gasteiger partial charge in [-0.05, 0) is 34.5 Å². The van der Waals surface area contributed by atoms with Crippen LogP contribution in [0.3, 0.4) is 0 Å². The molecule has 1 heterocycles. The predicted molar refractivity (Wildman–Crippen MR) is 78.4 cm³/mol. The molecule has 0 radical (unpaired) electrons. The highest BCUT2D eigenvalue weighted by molar-refractivity contribution is 9.10. The quantitative estimate of drug-likeness (QED) is 0.815. The molecule has 3 nitrogen and oxygen atoms in total. The molecule has 6 heteroatoms. The zero-order chi connectivity index (χ0) is 13.8. The molecule has 0 bridgehead atoms. The minimum atomic E-state index is -0.490. The largest absolute Gasteiger partial charge is 0.338 e. The van der Waals surface area contributed by atoms with E-state index in [1.54, 1.807) is 18.2 Å². The van der Waals surface area contributed by atoms with Crippen LogP contribution < -0.4 is 5.32 Å². The molecule has 0 saturated heterocycles. The first-order chi connectivity index (χ1) is 9.10. The van der Waals surface area contributed by atoms with Gasteiger partial charge in [0.25, 0.3) is 0 Å². The van der Waals surface area contributed by atoms with Crippen molar-refractivity contribution in [2.75, 3.05) is 5.32 Å². The summed E-state index contributed by atoms with van der Waals surface area (Å²) in [6.07, 6.45) is 1.72. The number of nitrogens with zero attached hydrogens (tertiary/aromatic N) is 2. The van der Waals surface area contributed by atoms with Crippen molar-refractivity contribution >= 4 is 39.0 Å². The molecule has 2 aromatic rings. The average molecular weight is 345 g/mol. The molecule has 0 aliphatic rings. The molecule has 0 aliphatic heterocycles. The third-order valence-electron chi connectivity index (χ3n) is 2.43. The number of nitrogens with one attached hydrogen (secondary N) is 1. The molecule has 0 amide bonds. The van der Waals surface area contributed by atoms with Crippen LogP contribution in [0.4, 0.5) is 15.9 Å². The zero-order valence-electron chi connectivity index (χ0n) is 10.3. The Kier molecular flexibility index (Phi) is 4.71. The second kappa shape index (κ2) is 6.30. The van der Waals surface area contributed by atoms with E-state index < -0.39 is 5.82 Å². The lowest BCUT2D eigenvalue weighted by Crippen LogP contribution is -2.02. The number of benzene rings is 1.